The van der Waals surface area contributed by atoms with Crippen molar-refractivity contribution in [2.75, 3.05) is 11.2 Å². The van der Waals surface area contributed by atoms with Crippen LogP contribution in [0, 0.1) is 5.82 Å². The Hall–Kier alpha value is -3.26. The number of fused-ring (bicyclic) bond motifs is 3. The van der Waals surface area contributed by atoms with Crippen molar-refractivity contribution in [3.63, 3.8) is 0 Å². The van der Waals surface area contributed by atoms with Crippen LogP contribution in [0.25, 0.3) is 21.5 Å². The van der Waals surface area contributed by atoms with E-state index in [1.807, 2.05) is 4.72 Å². The standard InChI is InChI=1S/C29H25Cl2FN4O6S2/c1-44(39,40)35-27(37)14-9-20(32)24-21(10-14)43-29(33-24)36-15-7-8-16(36)12-17(11-15)41-28(38)23-25(34-42-26(23)13-5-6-13)22-18(30)3-2-4-19(22)31/h2-4,9-10,13,15-17H,5-8,11-12H2,1H3,(H,35,37)/t15-,16+,17?. The molecule has 3 aliphatic rings. The molecular weight excluding hydrogens is 654 g/mol. The summed E-state index contributed by atoms with van der Waals surface area (Å²) in [6.45, 7) is 0. The van der Waals surface area contributed by atoms with Gasteiger partial charge in [-0.15, -0.1) is 0 Å². The minimum absolute atomic E-state index is 0.00559. The summed E-state index contributed by atoms with van der Waals surface area (Å²) in [7, 11) is -3.81. The smallest absolute Gasteiger partial charge is 0.344 e. The van der Waals surface area contributed by atoms with Crippen LogP contribution in [0.5, 0.6) is 0 Å². The van der Waals surface area contributed by atoms with Gasteiger partial charge in [0.2, 0.25) is 10.0 Å². The fourth-order valence-corrected chi connectivity index (χ4v) is 8.40. The van der Waals surface area contributed by atoms with E-state index in [4.69, 9.17) is 32.5 Å². The molecule has 15 heteroatoms. The molecule has 1 amide bonds. The Kier molecular flexibility index (Phi) is 7.34. The maximum absolute atomic E-state index is 15.0. The molecule has 3 atom stereocenters. The van der Waals surface area contributed by atoms with Gasteiger partial charge in [0.1, 0.15) is 22.9 Å². The van der Waals surface area contributed by atoms with E-state index in [9.17, 15) is 22.4 Å². The number of halogens is 3. The highest BCUT2D eigenvalue weighted by Gasteiger charge is 2.45. The molecule has 10 nitrogen and oxygen atoms in total. The average Bonchev–Trinajstić information content (AvgIpc) is 3.44. The number of ether oxygens (including phenoxy) is 1. The third kappa shape index (κ3) is 5.44. The number of carbonyl (C=O) groups excluding carboxylic acids is 2. The zero-order valence-electron chi connectivity index (χ0n) is 23.2. The molecule has 0 radical (unpaired) electrons. The van der Waals surface area contributed by atoms with Crippen molar-refractivity contribution in [1.82, 2.24) is 14.9 Å². The summed E-state index contributed by atoms with van der Waals surface area (Å²) in [6.07, 6.45) is 5.06. The zero-order chi connectivity index (χ0) is 30.9. The molecule has 2 saturated heterocycles. The fraction of sp³-hybridized carbons (Fsp3) is 0.379. The van der Waals surface area contributed by atoms with Gasteiger partial charge in [-0.2, -0.15) is 0 Å². The Labute approximate surface area is 265 Å². The molecule has 2 aliphatic heterocycles. The van der Waals surface area contributed by atoms with Crippen molar-refractivity contribution < 1.29 is 31.7 Å². The molecule has 7 rings (SSSR count). The fourth-order valence-electron chi connectivity index (χ4n) is 6.21. The Balaban J connectivity index is 1.12. The Morgan fingerprint density at radius 2 is 1.80 bits per heavy atom. The summed E-state index contributed by atoms with van der Waals surface area (Å²) in [4.78, 5) is 32.7. The average molecular weight is 680 g/mol. The minimum Gasteiger partial charge on any atom is -0.458 e. The topological polar surface area (TPSA) is 132 Å². The second-order valence-corrected chi connectivity index (χ2v) is 15.0. The third-order valence-electron chi connectivity index (χ3n) is 8.23. The van der Waals surface area contributed by atoms with E-state index in [1.54, 1.807) is 18.2 Å². The first-order chi connectivity index (χ1) is 21.0. The van der Waals surface area contributed by atoms with Crippen molar-refractivity contribution in [1.29, 1.82) is 0 Å². The van der Waals surface area contributed by atoms with Crippen molar-refractivity contribution in [3.8, 4) is 11.3 Å². The monoisotopic (exact) mass is 678 g/mol. The maximum atomic E-state index is 15.0. The summed E-state index contributed by atoms with van der Waals surface area (Å²) in [5.74, 6) is -1.57. The number of esters is 1. The number of benzene rings is 2. The molecule has 1 saturated carbocycles. The van der Waals surface area contributed by atoms with E-state index in [0.717, 1.165) is 38.0 Å². The second kappa shape index (κ2) is 11.0. The molecular formula is C29H25Cl2FN4O6S2. The van der Waals surface area contributed by atoms with Crippen LogP contribution in [-0.4, -0.2) is 54.9 Å². The lowest BCUT2D eigenvalue weighted by molar-refractivity contribution is 0.0202. The van der Waals surface area contributed by atoms with Gasteiger partial charge in [0, 0.05) is 42.0 Å². The van der Waals surface area contributed by atoms with Gasteiger partial charge in [0.15, 0.2) is 16.7 Å². The lowest BCUT2D eigenvalue weighted by Crippen LogP contribution is -2.46. The van der Waals surface area contributed by atoms with Crippen molar-refractivity contribution in [2.45, 2.75) is 62.6 Å². The number of aromatic nitrogens is 2. The quantitative estimate of drug-likeness (QED) is 0.223. The van der Waals surface area contributed by atoms with Gasteiger partial charge >= 0.3 is 5.97 Å². The van der Waals surface area contributed by atoms with Crippen LogP contribution in [0.3, 0.4) is 0 Å². The molecule has 1 aliphatic carbocycles. The summed E-state index contributed by atoms with van der Waals surface area (Å²) < 4.78 is 52.0. The predicted octanol–water partition coefficient (Wildman–Crippen LogP) is 6.32. The predicted molar refractivity (Wildman–Crippen MR) is 164 cm³/mol. The lowest BCUT2D eigenvalue weighted by atomic mass is 9.99. The highest BCUT2D eigenvalue weighted by Crippen LogP contribution is 2.47. The van der Waals surface area contributed by atoms with Crippen LogP contribution >= 0.6 is 34.5 Å². The van der Waals surface area contributed by atoms with E-state index >= 15 is 0 Å². The summed E-state index contributed by atoms with van der Waals surface area (Å²) >= 11 is 14.1. The van der Waals surface area contributed by atoms with Crippen molar-refractivity contribution in [2.24, 2.45) is 0 Å². The first-order valence-corrected chi connectivity index (χ1v) is 17.5. The molecule has 0 spiro atoms. The molecule has 4 heterocycles. The highest BCUT2D eigenvalue weighted by molar-refractivity contribution is 7.89. The number of amides is 1. The molecule has 2 aromatic carbocycles. The number of hydrogen-bond acceptors (Lipinski definition) is 10. The molecule has 3 fully saturated rings. The molecule has 230 valence electrons. The van der Waals surface area contributed by atoms with Crippen LogP contribution in [0.4, 0.5) is 9.52 Å². The third-order valence-corrected chi connectivity index (χ3v) is 10.4. The van der Waals surface area contributed by atoms with Gasteiger partial charge in [0.05, 0.1) is 21.0 Å². The number of nitrogens with one attached hydrogen (secondary N) is 1. The number of nitrogens with zero attached hydrogens (tertiary/aromatic N) is 3. The van der Waals surface area contributed by atoms with E-state index in [-0.39, 0.29) is 46.4 Å². The summed E-state index contributed by atoms with van der Waals surface area (Å²) in [6, 6.07) is 7.50. The van der Waals surface area contributed by atoms with Gasteiger partial charge < -0.3 is 14.2 Å². The van der Waals surface area contributed by atoms with Gasteiger partial charge in [-0.1, -0.05) is 45.8 Å². The first kappa shape index (κ1) is 29.5. The van der Waals surface area contributed by atoms with E-state index < -0.39 is 27.7 Å². The number of rotatable bonds is 7. The van der Waals surface area contributed by atoms with Gasteiger partial charge in [0.25, 0.3) is 5.91 Å². The van der Waals surface area contributed by atoms with Crippen LogP contribution in [0.1, 0.15) is 70.9 Å². The van der Waals surface area contributed by atoms with Crippen LogP contribution in [-0.2, 0) is 14.8 Å². The summed E-state index contributed by atoms with van der Waals surface area (Å²) in [5.41, 5.74) is 0.956. The Morgan fingerprint density at radius 3 is 2.43 bits per heavy atom. The van der Waals surface area contributed by atoms with Crippen LogP contribution < -0.4 is 9.62 Å². The molecule has 4 aromatic rings. The van der Waals surface area contributed by atoms with Gasteiger partial charge in [-0.25, -0.2) is 27.3 Å². The van der Waals surface area contributed by atoms with E-state index in [2.05, 4.69) is 15.0 Å². The lowest BCUT2D eigenvalue weighted by Gasteiger charge is -2.38. The van der Waals surface area contributed by atoms with Crippen LogP contribution in [0.15, 0.2) is 34.9 Å². The van der Waals surface area contributed by atoms with Gasteiger partial charge in [-0.3, -0.25) is 4.79 Å². The number of carbonyl (C=O) groups is 2. The maximum Gasteiger partial charge on any atom is 0.344 e. The number of anilines is 1. The Bertz CT molecular complexity index is 1910. The molecule has 44 heavy (non-hydrogen) atoms. The Morgan fingerprint density at radius 1 is 1.11 bits per heavy atom. The number of piperidine rings is 1. The SMILES string of the molecule is CS(=O)(=O)NC(=O)c1cc(F)c2nc(N3[C@@H]4CC[C@H]3CC(OC(=O)c3c(-c5c(Cl)cccc5Cl)noc3C3CC3)C4)sc2c1. The highest BCUT2D eigenvalue weighted by atomic mass is 35.5. The largest absolute Gasteiger partial charge is 0.458 e. The summed E-state index contributed by atoms with van der Waals surface area (Å²) in [5, 5.41) is 5.50. The minimum atomic E-state index is -3.81. The second-order valence-electron chi connectivity index (χ2n) is 11.4. The number of thiazole rings is 1. The normalized spacial score (nSPS) is 21.5. The van der Waals surface area contributed by atoms with Crippen molar-refractivity contribution >= 4 is 71.8 Å². The van der Waals surface area contributed by atoms with Crippen molar-refractivity contribution in [3.05, 3.63) is 63.1 Å². The van der Waals surface area contributed by atoms with Gasteiger partial charge in [-0.05, 0) is 49.9 Å². The van der Waals surface area contributed by atoms with Crippen LogP contribution in [0.2, 0.25) is 10.0 Å². The molecule has 2 aromatic heterocycles. The molecule has 1 N–H and O–H groups in total. The van der Waals surface area contributed by atoms with E-state index in [0.29, 0.717) is 44.0 Å². The first-order valence-electron chi connectivity index (χ1n) is 14.0. The number of hydrogen-bond donors (Lipinski definition) is 1. The molecule has 2 bridgehead atoms. The molecule has 1 unspecified atom stereocenters. The zero-order valence-corrected chi connectivity index (χ0v) is 26.3. The van der Waals surface area contributed by atoms with E-state index in [1.165, 1.54) is 17.4 Å². The number of sulfonamides is 1.